The first-order valence-electron chi connectivity index (χ1n) is 7.97. The Morgan fingerprint density at radius 2 is 1.96 bits per heavy atom. The van der Waals surface area contributed by atoms with Gasteiger partial charge in [-0.1, -0.05) is 18.2 Å². The van der Waals surface area contributed by atoms with Crippen molar-refractivity contribution in [1.29, 1.82) is 0 Å². The monoisotopic (exact) mass is 377 g/mol. The number of nitrogens with zero attached hydrogens (tertiary/aromatic N) is 1. The molecule has 0 unspecified atom stereocenters. The first-order chi connectivity index (χ1) is 13.0. The number of carbonyl (C=O) groups is 1. The molecule has 0 fully saturated rings. The van der Waals surface area contributed by atoms with Gasteiger partial charge in [0, 0.05) is 0 Å². The molecular formula is C19H14F3NO4. The van der Waals surface area contributed by atoms with E-state index in [0.29, 0.717) is 5.56 Å². The number of aliphatic imine (C=N–C) groups is 1. The highest BCUT2D eigenvalue weighted by atomic mass is 19.3. The zero-order valence-electron chi connectivity index (χ0n) is 14.1. The van der Waals surface area contributed by atoms with E-state index in [9.17, 15) is 18.0 Å². The lowest BCUT2D eigenvalue weighted by Crippen LogP contribution is -2.07. The van der Waals surface area contributed by atoms with Gasteiger partial charge in [-0.25, -0.2) is 14.2 Å². The van der Waals surface area contributed by atoms with E-state index in [-0.39, 0.29) is 35.3 Å². The Labute approximate surface area is 152 Å². The van der Waals surface area contributed by atoms with Crippen LogP contribution in [-0.4, -0.2) is 25.1 Å². The van der Waals surface area contributed by atoms with Crippen LogP contribution in [0, 0.1) is 5.82 Å². The Balaban J connectivity index is 1.92. The number of rotatable bonds is 6. The SMILES string of the molecule is CCOc1cc(/C=C2\N=C(c3ccccc3F)OC2=O)ccc1OC(F)F. The summed E-state index contributed by atoms with van der Waals surface area (Å²) in [4.78, 5) is 16.0. The average Bonchev–Trinajstić information content (AvgIpc) is 2.98. The Morgan fingerprint density at radius 3 is 2.67 bits per heavy atom. The number of alkyl halides is 2. The summed E-state index contributed by atoms with van der Waals surface area (Å²) in [5.41, 5.74) is 0.453. The van der Waals surface area contributed by atoms with E-state index in [1.807, 2.05) is 0 Å². The van der Waals surface area contributed by atoms with Crippen LogP contribution in [0.15, 0.2) is 53.2 Å². The Bertz CT molecular complexity index is 925. The molecule has 0 bridgehead atoms. The van der Waals surface area contributed by atoms with Gasteiger partial charge in [-0.3, -0.25) is 0 Å². The maximum absolute atomic E-state index is 13.8. The molecule has 0 amide bonds. The number of halogens is 3. The number of cyclic esters (lactones) is 1. The van der Waals surface area contributed by atoms with Crippen molar-refractivity contribution in [3.05, 3.63) is 65.1 Å². The zero-order chi connectivity index (χ0) is 19.4. The fourth-order valence-electron chi connectivity index (χ4n) is 2.39. The van der Waals surface area contributed by atoms with Gasteiger partial charge in [0.05, 0.1) is 12.2 Å². The Hall–Kier alpha value is -3.29. The number of hydrogen-bond donors (Lipinski definition) is 0. The molecule has 0 atom stereocenters. The molecule has 0 saturated heterocycles. The van der Waals surface area contributed by atoms with Crippen molar-refractivity contribution < 1.29 is 32.2 Å². The minimum Gasteiger partial charge on any atom is -0.490 e. The first-order valence-corrected chi connectivity index (χ1v) is 7.97. The highest BCUT2D eigenvalue weighted by Crippen LogP contribution is 2.31. The van der Waals surface area contributed by atoms with Gasteiger partial charge >= 0.3 is 12.6 Å². The maximum Gasteiger partial charge on any atom is 0.387 e. The van der Waals surface area contributed by atoms with Crippen LogP contribution in [0.3, 0.4) is 0 Å². The van der Waals surface area contributed by atoms with Gasteiger partial charge in [0.1, 0.15) is 5.82 Å². The molecule has 27 heavy (non-hydrogen) atoms. The normalized spacial score (nSPS) is 15.1. The molecule has 140 valence electrons. The minimum absolute atomic E-state index is 0.0572. The summed E-state index contributed by atoms with van der Waals surface area (Å²) in [6, 6.07) is 9.94. The summed E-state index contributed by atoms with van der Waals surface area (Å²) in [6.45, 7) is -1.07. The van der Waals surface area contributed by atoms with Crippen molar-refractivity contribution >= 4 is 17.9 Å². The van der Waals surface area contributed by atoms with E-state index in [0.717, 1.165) is 0 Å². The molecule has 0 radical (unpaired) electrons. The maximum atomic E-state index is 13.8. The van der Waals surface area contributed by atoms with Crippen LogP contribution in [0.2, 0.25) is 0 Å². The Kier molecular flexibility index (Phi) is 5.44. The van der Waals surface area contributed by atoms with E-state index in [4.69, 9.17) is 9.47 Å². The fourth-order valence-corrected chi connectivity index (χ4v) is 2.39. The lowest BCUT2D eigenvalue weighted by molar-refractivity contribution is -0.129. The number of ether oxygens (including phenoxy) is 3. The van der Waals surface area contributed by atoms with Crippen molar-refractivity contribution in [2.24, 2.45) is 4.99 Å². The van der Waals surface area contributed by atoms with Crippen LogP contribution in [0.5, 0.6) is 11.5 Å². The molecule has 0 spiro atoms. The summed E-state index contributed by atoms with van der Waals surface area (Å²) in [5.74, 6) is -1.50. The molecular weight excluding hydrogens is 363 g/mol. The van der Waals surface area contributed by atoms with E-state index in [2.05, 4.69) is 9.73 Å². The molecule has 3 rings (SSSR count). The average molecular weight is 377 g/mol. The van der Waals surface area contributed by atoms with Crippen LogP contribution in [0.4, 0.5) is 13.2 Å². The van der Waals surface area contributed by atoms with Gasteiger partial charge in [0.25, 0.3) is 0 Å². The molecule has 8 heteroatoms. The third-order valence-corrected chi connectivity index (χ3v) is 3.51. The molecule has 1 aliphatic rings. The number of esters is 1. The molecule has 0 N–H and O–H groups in total. The number of hydrogen-bond acceptors (Lipinski definition) is 5. The van der Waals surface area contributed by atoms with Crippen LogP contribution < -0.4 is 9.47 Å². The minimum atomic E-state index is -2.99. The van der Waals surface area contributed by atoms with Gasteiger partial charge < -0.3 is 14.2 Å². The van der Waals surface area contributed by atoms with Crippen LogP contribution in [0.25, 0.3) is 6.08 Å². The van der Waals surface area contributed by atoms with Gasteiger partial charge in [-0.05, 0) is 42.8 Å². The molecule has 0 saturated carbocycles. The van der Waals surface area contributed by atoms with E-state index in [1.165, 1.54) is 42.5 Å². The molecule has 2 aromatic rings. The summed E-state index contributed by atoms with van der Waals surface area (Å²) in [7, 11) is 0. The standard InChI is InChI=1S/C19H14F3NO4/c1-2-25-16-10-11(7-8-15(16)26-19(21)22)9-14-18(24)27-17(23-14)12-5-3-4-6-13(12)20/h3-10,19H,2H2,1H3/b14-9-. The molecule has 0 aromatic heterocycles. The summed E-state index contributed by atoms with van der Waals surface area (Å²) < 4.78 is 53.4. The predicted molar refractivity (Wildman–Crippen MR) is 91.2 cm³/mol. The van der Waals surface area contributed by atoms with Crippen molar-refractivity contribution in [1.82, 2.24) is 0 Å². The highest BCUT2D eigenvalue weighted by Gasteiger charge is 2.26. The summed E-state index contributed by atoms with van der Waals surface area (Å²) in [5, 5.41) is 0. The molecule has 1 aliphatic heterocycles. The Morgan fingerprint density at radius 1 is 1.19 bits per heavy atom. The first kappa shape index (κ1) is 18.5. The molecule has 1 heterocycles. The van der Waals surface area contributed by atoms with Crippen LogP contribution in [-0.2, 0) is 9.53 Å². The summed E-state index contributed by atoms with van der Waals surface area (Å²) in [6.07, 6.45) is 1.38. The number of carbonyl (C=O) groups excluding carboxylic acids is 1. The topological polar surface area (TPSA) is 57.1 Å². The third kappa shape index (κ3) is 4.28. The van der Waals surface area contributed by atoms with Crippen molar-refractivity contribution in [3.8, 4) is 11.5 Å². The smallest absolute Gasteiger partial charge is 0.387 e. The van der Waals surface area contributed by atoms with Gasteiger partial charge in [0.15, 0.2) is 17.2 Å². The van der Waals surface area contributed by atoms with E-state index < -0.39 is 18.4 Å². The molecule has 0 aliphatic carbocycles. The quantitative estimate of drug-likeness (QED) is 0.560. The second-order valence-electron chi connectivity index (χ2n) is 5.33. The van der Waals surface area contributed by atoms with Gasteiger partial charge in [-0.15, -0.1) is 0 Å². The number of benzene rings is 2. The predicted octanol–water partition coefficient (Wildman–Crippen LogP) is 4.17. The van der Waals surface area contributed by atoms with Gasteiger partial charge in [0.2, 0.25) is 5.90 Å². The largest absolute Gasteiger partial charge is 0.490 e. The van der Waals surface area contributed by atoms with Crippen LogP contribution in [0.1, 0.15) is 18.1 Å². The van der Waals surface area contributed by atoms with E-state index >= 15 is 0 Å². The van der Waals surface area contributed by atoms with Crippen molar-refractivity contribution in [2.45, 2.75) is 13.5 Å². The fraction of sp³-hybridized carbons (Fsp3) is 0.158. The third-order valence-electron chi connectivity index (χ3n) is 3.51. The highest BCUT2D eigenvalue weighted by molar-refractivity contribution is 6.12. The lowest BCUT2D eigenvalue weighted by Gasteiger charge is -2.11. The summed E-state index contributed by atoms with van der Waals surface area (Å²) >= 11 is 0. The van der Waals surface area contributed by atoms with E-state index in [1.54, 1.807) is 13.0 Å². The van der Waals surface area contributed by atoms with Crippen molar-refractivity contribution in [2.75, 3.05) is 6.61 Å². The molecule has 2 aromatic carbocycles. The second kappa shape index (κ2) is 7.94. The second-order valence-corrected chi connectivity index (χ2v) is 5.33. The van der Waals surface area contributed by atoms with Gasteiger partial charge in [-0.2, -0.15) is 8.78 Å². The molecule has 5 nitrogen and oxygen atoms in total. The lowest BCUT2D eigenvalue weighted by atomic mass is 10.1. The zero-order valence-corrected chi connectivity index (χ0v) is 14.1. The van der Waals surface area contributed by atoms with Crippen LogP contribution >= 0.6 is 0 Å². The van der Waals surface area contributed by atoms with Crippen molar-refractivity contribution in [3.63, 3.8) is 0 Å².